The molecular formula is C14H14N2O2S. The van der Waals surface area contributed by atoms with Gasteiger partial charge in [0, 0.05) is 18.0 Å². The zero-order chi connectivity index (χ0) is 13.1. The lowest BCUT2D eigenvalue weighted by atomic mass is 10.0. The Morgan fingerprint density at radius 1 is 1.32 bits per heavy atom. The van der Waals surface area contributed by atoms with Crippen molar-refractivity contribution in [3.05, 3.63) is 47.3 Å². The van der Waals surface area contributed by atoms with Crippen molar-refractivity contribution in [2.45, 2.75) is 5.92 Å². The van der Waals surface area contributed by atoms with Crippen molar-refractivity contribution in [3.63, 3.8) is 0 Å². The number of urea groups is 1. The average molecular weight is 274 g/mol. The molecule has 2 heterocycles. The molecule has 3 rings (SSSR count). The van der Waals surface area contributed by atoms with Gasteiger partial charge in [-0.3, -0.25) is 5.32 Å². The predicted octanol–water partition coefficient (Wildman–Crippen LogP) is 3.05. The second kappa shape index (κ2) is 5.32. The Balaban J connectivity index is 1.55. The van der Waals surface area contributed by atoms with Crippen molar-refractivity contribution in [1.29, 1.82) is 0 Å². The normalized spacial score (nSPS) is 16.5. The van der Waals surface area contributed by atoms with Gasteiger partial charge in [-0.15, -0.1) is 11.3 Å². The zero-order valence-corrected chi connectivity index (χ0v) is 11.1. The molecule has 1 aliphatic rings. The van der Waals surface area contributed by atoms with Crippen LogP contribution in [0, 0.1) is 0 Å². The predicted molar refractivity (Wildman–Crippen MR) is 76.0 cm³/mol. The van der Waals surface area contributed by atoms with Gasteiger partial charge in [0.1, 0.15) is 5.75 Å². The molecule has 1 atom stereocenters. The van der Waals surface area contributed by atoms with E-state index in [1.807, 2.05) is 41.8 Å². The lowest BCUT2D eigenvalue weighted by molar-refractivity contribution is 0.250. The van der Waals surface area contributed by atoms with Gasteiger partial charge in [-0.2, -0.15) is 0 Å². The number of hydrogen-bond donors (Lipinski definition) is 2. The molecule has 98 valence electrons. The van der Waals surface area contributed by atoms with Gasteiger partial charge in [0.15, 0.2) is 0 Å². The smallest absolute Gasteiger partial charge is 0.319 e. The highest BCUT2D eigenvalue weighted by Gasteiger charge is 2.23. The summed E-state index contributed by atoms with van der Waals surface area (Å²) in [6, 6.07) is 11.6. The Bertz CT molecular complexity index is 569. The SMILES string of the molecule is O=C(NCC1COc2ccccc21)Nc1cccs1. The van der Waals surface area contributed by atoms with E-state index in [-0.39, 0.29) is 11.9 Å². The Morgan fingerprint density at radius 2 is 2.21 bits per heavy atom. The molecule has 1 aromatic heterocycles. The maximum atomic E-state index is 11.7. The van der Waals surface area contributed by atoms with Gasteiger partial charge >= 0.3 is 6.03 Å². The molecule has 5 heteroatoms. The fourth-order valence-electron chi connectivity index (χ4n) is 2.12. The van der Waals surface area contributed by atoms with E-state index >= 15 is 0 Å². The summed E-state index contributed by atoms with van der Waals surface area (Å²) in [5, 5.41) is 8.45. The van der Waals surface area contributed by atoms with Crippen LogP contribution in [0.2, 0.25) is 0 Å². The molecule has 0 saturated carbocycles. The number of carbonyl (C=O) groups excluding carboxylic acids is 1. The molecule has 1 unspecified atom stereocenters. The minimum atomic E-state index is -0.174. The van der Waals surface area contributed by atoms with Crippen molar-refractivity contribution in [1.82, 2.24) is 5.32 Å². The van der Waals surface area contributed by atoms with Gasteiger partial charge in [-0.25, -0.2) is 4.79 Å². The maximum absolute atomic E-state index is 11.7. The summed E-state index contributed by atoms with van der Waals surface area (Å²) in [7, 11) is 0. The molecule has 4 nitrogen and oxygen atoms in total. The molecule has 0 fully saturated rings. The highest BCUT2D eigenvalue weighted by atomic mass is 32.1. The summed E-state index contributed by atoms with van der Waals surface area (Å²) in [6.45, 7) is 1.20. The fourth-order valence-corrected chi connectivity index (χ4v) is 2.73. The van der Waals surface area contributed by atoms with E-state index in [2.05, 4.69) is 10.6 Å². The highest BCUT2D eigenvalue weighted by Crippen LogP contribution is 2.32. The molecule has 0 radical (unpaired) electrons. The molecule has 0 aliphatic carbocycles. The molecule has 0 saturated heterocycles. The number of para-hydroxylation sites is 1. The molecule has 2 N–H and O–H groups in total. The molecule has 2 aromatic rings. The number of anilines is 1. The minimum Gasteiger partial charge on any atom is -0.493 e. The summed E-state index contributed by atoms with van der Waals surface area (Å²) >= 11 is 1.50. The van der Waals surface area contributed by atoms with Crippen LogP contribution >= 0.6 is 11.3 Å². The third-order valence-corrected chi connectivity index (χ3v) is 3.85. The largest absolute Gasteiger partial charge is 0.493 e. The Morgan fingerprint density at radius 3 is 3.05 bits per heavy atom. The van der Waals surface area contributed by atoms with Gasteiger partial charge in [0.25, 0.3) is 0 Å². The van der Waals surface area contributed by atoms with Crippen molar-refractivity contribution in [3.8, 4) is 5.75 Å². The van der Waals surface area contributed by atoms with Gasteiger partial charge in [0.2, 0.25) is 0 Å². The molecule has 1 aliphatic heterocycles. The van der Waals surface area contributed by atoms with Gasteiger partial charge < -0.3 is 10.1 Å². The van der Waals surface area contributed by atoms with Crippen LogP contribution in [0.3, 0.4) is 0 Å². The first kappa shape index (κ1) is 12.0. The lowest BCUT2D eigenvalue weighted by Crippen LogP contribution is -2.32. The first-order chi connectivity index (χ1) is 9.33. The van der Waals surface area contributed by atoms with Crippen molar-refractivity contribution >= 4 is 22.4 Å². The highest BCUT2D eigenvalue weighted by molar-refractivity contribution is 7.14. The zero-order valence-electron chi connectivity index (χ0n) is 10.3. The number of thiophene rings is 1. The Hall–Kier alpha value is -2.01. The van der Waals surface area contributed by atoms with Crippen molar-refractivity contribution in [2.75, 3.05) is 18.5 Å². The topological polar surface area (TPSA) is 50.4 Å². The summed E-state index contributed by atoms with van der Waals surface area (Å²) in [6.07, 6.45) is 0. The fraction of sp³-hybridized carbons (Fsp3) is 0.214. The van der Waals surface area contributed by atoms with Gasteiger partial charge in [0.05, 0.1) is 11.6 Å². The Labute approximate surface area is 115 Å². The van der Waals surface area contributed by atoms with Crippen LogP contribution in [0.4, 0.5) is 9.80 Å². The van der Waals surface area contributed by atoms with E-state index in [1.54, 1.807) is 0 Å². The number of rotatable bonds is 3. The van der Waals surface area contributed by atoms with Crippen molar-refractivity contribution in [2.24, 2.45) is 0 Å². The summed E-state index contributed by atoms with van der Waals surface area (Å²) in [4.78, 5) is 11.7. The lowest BCUT2D eigenvalue weighted by Gasteiger charge is -2.10. The number of hydrogen-bond acceptors (Lipinski definition) is 3. The molecule has 2 amide bonds. The third-order valence-electron chi connectivity index (χ3n) is 3.07. The second-order valence-electron chi connectivity index (χ2n) is 4.36. The van der Waals surface area contributed by atoms with E-state index in [0.29, 0.717) is 13.2 Å². The Kier molecular flexibility index (Phi) is 3.37. The summed E-state index contributed by atoms with van der Waals surface area (Å²) < 4.78 is 5.58. The van der Waals surface area contributed by atoms with E-state index in [1.165, 1.54) is 16.9 Å². The van der Waals surface area contributed by atoms with Crippen LogP contribution in [0.25, 0.3) is 0 Å². The van der Waals surface area contributed by atoms with Crippen LogP contribution in [-0.2, 0) is 0 Å². The summed E-state index contributed by atoms with van der Waals surface area (Å²) in [5.74, 6) is 1.15. The van der Waals surface area contributed by atoms with E-state index in [0.717, 1.165) is 10.8 Å². The number of carbonyl (C=O) groups is 1. The first-order valence-corrected chi connectivity index (χ1v) is 7.01. The van der Waals surface area contributed by atoms with Crippen molar-refractivity contribution < 1.29 is 9.53 Å². The van der Waals surface area contributed by atoms with Crippen LogP contribution in [0.15, 0.2) is 41.8 Å². The molecular weight excluding hydrogens is 260 g/mol. The molecule has 0 spiro atoms. The van der Waals surface area contributed by atoms with Crippen LogP contribution in [-0.4, -0.2) is 19.2 Å². The first-order valence-electron chi connectivity index (χ1n) is 6.13. The third kappa shape index (κ3) is 2.71. The number of amides is 2. The molecule has 19 heavy (non-hydrogen) atoms. The number of ether oxygens (including phenoxy) is 1. The number of fused-ring (bicyclic) bond motifs is 1. The second-order valence-corrected chi connectivity index (χ2v) is 5.31. The monoisotopic (exact) mass is 274 g/mol. The molecule has 1 aromatic carbocycles. The van der Waals surface area contributed by atoms with Gasteiger partial charge in [-0.05, 0) is 23.6 Å². The van der Waals surface area contributed by atoms with Gasteiger partial charge in [-0.1, -0.05) is 18.2 Å². The van der Waals surface area contributed by atoms with Crippen LogP contribution < -0.4 is 15.4 Å². The maximum Gasteiger partial charge on any atom is 0.319 e. The molecule has 0 bridgehead atoms. The minimum absolute atomic E-state index is 0.174. The van der Waals surface area contributed by atoms with E-state index < -0.39 is 0 Å². The van der Waals surface area contributed by atoms with Crippen LogP contribution in [0.5, 0.6) is 5.75 Å². The van der Waals surface area contributed by atoms with Crippen LogP contribution in [0.1, 0.15) is 11.5 Å². The quantitative estimate of drug-likeness (QED) is 0.903. The number of nitrogens with one attached hydrogen (secondary N) is 2. The standard InChI is InChI=1S/C14H14N2O2S/c17-14(16-13-6-3-7-19-13)15-8-10-9-18-12-5-2-1-4-11(10)12/h1-7,10H,8-9H2,(H2,15,16,17). The van der Waals surface area contributed by atoms with E-state index in [9.17, 15) is 4.79 Å². The van der Waals surface area contributed by atoms with E-state index in [4.69, 9.17) is 4.74 Å². The number of benzene rings is 1. The summed E-state index contributed by atoms with van der Waals surface area (Å²) in [5.41, 5.74) is 1.17. The average Bonchev–Trinajstić information content (AvgIpc) is 3.05.